The molecular weight excluding hydrogens is 204 g/mol. The molecule has 0 aromatic heterocycles. The van der Waals surface area contributed by atoms with E-state index in [0.717, 1.165) is 24.1 Å². The summed E-state index contributed by atoms with van der Waals surface area (Å²) in [6.07, 6.45) is 1.05. The van der Waals surface area contributed by atoms with Crippen molar-refractivity contribution in [1.82, 2.24) is 5.32 Å². The predicted octanol–water partition coefficient (Wildman–Crippen LogP) is 2.96. The van der Waals surface area contributed by atoms with Gasteiger partial charge in [0.1, 0.15) is 0 Å². The van der Waals surface area contributed by atoms with Gasteiger partial charge in [-0.15, -0.1) is 0 Å². The van der Waals surface area contributed by atoms with Gasteiger partial charge in [0.2, 0.25) is 0 Å². The van der Waals surface area contributed by atoms with Crippen molar-refractivity contribution < 1.29 is 4.92 Å². The fourth-order valence-electron chi connectivity index (χ4n) is 1.78. The Morgan fingerprint density at radius 1 is 1.50 bits per heavy atom. The fraction of sp³-hybridized carbons (Fsp3) is 0.500. The van der Waals surface area contributed by atoms with Crippen LogP contribution in [0, 0.1) is 17.0 Å². The first-order valence-electron chi connectivity index (χ1n) is 5.55. The molecule has 4 nitrogen and oxygen atoms in total. The summed E-state index contributed by atoms with van der Waals surface area (Å²) in [7, 11) is 0. The quantitative estimate of drug-likeness (QED) is 0.615. The van der Waals surface area contributed by atoms with Crippen LogP contribution >= 0.6 is 0 Å². The molecule has 1 atom stereocenters. The molecule has 1 N–H and O–H groups in total. The molecule has 0 spiro atoms. The number of hydrogen-bond acceptors (Lipinski definition) is 3. The predicted molar refractivity (Wildman–Crippen MR) is 64.5 cm³/mol. The molecule has 0 fully saturated rings. The van der Waals surface area contributed by atoms with E-state index in [2.05, 4.69) is 12.2 Å². The van der Waals surface area contributed by atoms with E-state index in [4.69, 9.17) is 0 Å². The van der Waals surface area contributed by atoms with Crippen molar-refractivity contribution in [3.8, 4) is 0 Å². The SMILES string of the molecule is CCCNC(C)c1cccc([N+](=O)[O-])c1C. The fourth-order valence-corrected chi connectivity index (χ4v) is 1.78. The molecular formula is C12H18N2O2. The van der Waals surface area contributed by atoms with E-state index >= 15 is 0 Å². The molecule has 0 heterocycles. The van der Waals surface area contributed by atoms with Crippen LogP contribution in [-0.2, 0) is 0 Å². The molecule has 1 aromatic rings. The minimum absolute atomic E-state index is 0.153. The molecule has 0 saturated heterocycles. The van der Waals surface area contributed by atoms with Crippen LogP contribution in [0.5, 0.6) is 0 Å². The van der Waals surface area contributed by atoms with Crippen LogP contribution in [0.25, 0.3) is 0 Å². The van der Waals surface area contributed by atoms with Gasteiger partial charge in [-0.25, -0.2) is 0 Å². The van der Waals surface area contributed by atoms with Crippen LogP contribution < -0.4 is 5.32 Å². The number of rotatable bonds is 5. The Balaban J connectivity index is 2.96. The molecule has 0 aliphatic heterocycles. The average molecular weight is 222 g/mol. The zero-order chi connectivity index (χ0) is 12.1. The minimum atomic E-state index is -0.328. The second-order valence-corrected chi connectivity index (χ2v) is 3.92. The highest BCUT2D eigenvalue weighted by molar-refractivity contribution is 5.45. The Bertz CT molecular complexity index is 377. The van der Waals surface area contributed by atoms with Gasteiger partial charge in [0, 0.05) is 17.7 Å². The van der Waals surface area contributed by atoms with E-state index in [0.29, 0.717) is 0 Å². The molecule has 0 aliphatic carbocycles. The van der Waals surface area contributed by atoms with E-state index in [1.54, 1.807) is 19.1 Å². The lowest BCUT2D eigenvalue weighted by Gasteiger charge is -2.15. The number of nitrogens with zero attached hydrogens (tertiary/aromatic N) is 1. The highest BCUT2D eigenvalue weighted by Crippen LogP contribution is 2.25. The Morgan fingerprint density at radius 3 is 2.75 bits per heavy atom. The summed E-state index contributed by atoms with van der Waals surface area (Å²) in [6, 6.07) is 5.38. The van der Waals surface area contributed by atoms with Gasteiger partial charge < -0.3 is 5.32 Å². The summed E-state index contributed by atoms with van der Waals surface area (Å²) < 4.78 is 0. The Labute approximate surface area is 95.8 Å². The molecule has 0 saturated carbocycles. The van der Waals surface area contributed by atoms with Crippen LogP contribution in [0.3, 0.4) is 0 Å². The van der Waals surface area contributed by atoms with Gasteiger partial charge in [-0.05, 0) is 32.4 Å². The van der Waals surface area contributed by atoms with Gasteiger partial charge in [0.15, 0.2) is 0 Å². The molecule has 0 radical (unpaired) electrons. The van der Waals surface area contributed by atoms with E-state index in [9.17, 15) is 10.1 Å². The standard InChI is InChI=1S/C12H18N2O2/c1-4-8-13-10(3)11-6-5-7-12(9(11)2)14(15)16/h5-7,10,13H,4,8H2,1-3H3. The van der Waals surface area contributed by atoms with E-state index in [1.165, 1.54) is 0 Å². The maximum Gasteiger partial charge on any atom is 0.272 e. The highest BCUT2D eigenvalue weighted by Gasteiger charge is 2.16. The lowest BCUT2D eigenvalue weighted by molar-refractivity contribution is -0.385. The van der Waals surface area contributed by atoms with Crippen LogP contribution in [-0.4, -0.2) is 11.5 Å². The molecule has 0 aliphatic rings. The van der Waals surface area contributed by atoms with Gasteiger partial charge in [0.25, 0.3) is 5.69 Å². The minimum Gasteiger partial charge on any atom is -0.310 e. The summed E-state index contributed by atoms with van der Waals surface area (Å²) in [4.78, 5) is 10.5. The van der Waals surface area contributed by atoms with Crippen molar-refractivity contribution >= 4 is 5.69 Å². The Morgan fingerprint density at radius 2 is 2.19 bits per heavy atom. The third-order valence-electron chi connectivity index (χ3n) is 2.71. The van der Waals surface area contributed by atoms with Crippen LogP contribution in [0.4, 0.5) is 5.69 Å². The molecule has 0 bridgehead atoms. The van der Waals surface area contributed by atoms with Gasteiger partial charge >= 0.3 is 0 Å². The lowest BCUT2D eigenvalue weighted by atomic mass is 10.0. The second kappa shape index (κ2) is 5.61. The maximum absolute atomic E-state index is 10.8. The van der Waals surface area contributed by atoms with Gasteiger partial charge in [-0.2, -0.15) is 0 Å². The highest BCUT2D eigenvalue weighted by atomic mass is 16.6. The average Bonchev–Trinajstić information content (AvgIpc) is 2.25. The van der Waals surface area contributed by atoms with Gasteiger partial charge in [-0.1, -0.05) is 19.1 Å². The maximum atomic E-state index is 10.8. The summed E-state index contributed by atoms with van der Waals surface area (Å²) in [5, 5.41) is 14.1. The first kappa shape index (κ1) is 12.6. The van der Waals surface area contributed by atoms with E-state index in [1.807, 2.05) is 13.0 Å². The normalized spacial score (nSPS) is 12.4. The Hall–Kier alpha value is -1.42. The van der Waals surface area contributed by atoms with Crippen molar-refractivity contribution in [2.45, 2.75) is 33.2 Å². The summed E-state index contributed by atoms with van der Waals surface area (Å²) in [5.74, 6) is 0. The number of nitro groups is 1. The van der Waals surface area contributed by atoms with Crippen LogP contribution in [0.1, 0.15) is 37.4 Å². The summed E-state index contributed by atoms with van der Waals surface area (Å²) in [6.45, 7) is 6.85. The zero-order valence-corrected chi connectivity index (χ0v) is 9.99. The third-order valence-corrected chi connectivity index (χ3v) is 2.71. The number of benzene rings is 1. The summed E-state index contributed by atoms with van der Waals surface area (Å²) in [5.41, 5.74) is 1.95. The molecule has 0 amide bonds. The van der Waals surface area contributed by atoms with E-state index < -0.39 is 0 Å². The van der Waals surface area contributed by atoms with Gasteiger partial charge in [0.05, 0.1) is 4.92 Å². The number of nitro benzene ring substituents is 1. The number of hydrogen-bond donors (Lipinski definition) is 1. The Kier molecular flexibility index (Phi) is 4.43. The molecule has 1 unspecified atom stereocenters. The first-order valence-corrected chi connectivity index (χ1v) is 5.55. The number of nitrogens with one attached hydrogen (secondary N) is 1. The largest absolute Gasteiger partial charge is 0.310 e. The molecule has 88 valence electrons. The smallest absolute Gasteiger partial charge is 0.272 e. The molecule has 1 rings (SSSR count). The van der Waals surface area contributed by atoms with Crippen molar-refractivity contribution in [3.05, 3.63) is 39.4 Å². The van der Waals surface area contributed by atoms with Crippen molar-refractivity contribution in [1.29, 1.82) is 0 Å². The topological polar surface area (TPSA) is 55.2 Å². The third kappa shape index (κ3) is 2.79. The zero-order valence-electron chi connectivity index (χ0n) is 9.99. The van der Waals surface area contributed by atoms with Crippen molar-refractivity contribution in [3.63, 3.8) is 0 Å². The molecule has 16 heavy (non-hydrogen) atoms. The molecule has 4 heteroatoms. The second-order valence-electron chi connectivity index (χ2n) is 3.92. The van der Waals surface area contributed by atoms with E-state index in [-0.39, 0.29) is 16.7 Å². The van der Waals surface area contributed by atoms with Gasteiger partial charge in [-0.3, -0.25) is 10.1 Å². The lowest BCUT2D eigenvalue weighted by Crippen LogP contribution is -2.20. The van der Waals surface area contributed by atoms with Crippen molar-refractivity contribution in [2.75, 3.05) is 6.54 Å². The van der Waals surface area contributed by atoms with Crippen LogP contribution in [0.2, 0.25) is 0 Å². The van der Waals surface area contributed by atoms with Crippen LogP contribution in [0.15, 0.2) is 18.2 Å². The summed E-state index contributed by atoms with van der Waals surface area (Å²) >= 11 is 0. The monoisotopic (exact) mass is 222 g/mol. The molecule has 1 aromatic carbocycles. The first-order chi connectivity index (χ1) is 7.57. The van der Waals surface area contributed by atoms with Crippen molar-refractivity contribution in [2.24, 2.45) is 0 Å².